The molecular weight excluding hydrogens is 109 g/mol. The van der Waals surface area contributed by atoms with E-state index in [1.807, 2.05) is 6.07 Å². The van der Waals surface area contributed by atoms with Gasteiger partial charge < -0.3 is 5.11 Å². The van der Waals surface area contributed by atoms with Crippen LogP contribution in [0, 0.1) is 17.2 Å². The molecule has 0 aliphatic heterocycles. The summed E-state index contributed by atoms with van der Waals surface area (Å²) in [5.74, 6) is 0.380. The molecule has 0 amide bonds. The molecule has 3 heteroatoms. The van der Waals surface area contributed by atoms with Crippen molar-refractivity contribution in [3.8, 4) is 6.07 Å². The third-order valence-corrected chi connectivity index (χ3v) is 1.29. The summed E-state index contributed by atoms with van der Waals surface area (Å²) in [5.41, 5.74) is 0.532. The summed E-state index contributed by atoms with van der Waals surface area (Å²) in [6.07, 6.45) is 3.05. The van der Waals surface area contributed by atoms with Crippen LogP contribution in [0.2, 0.25) is 0 Å². The van der Waals surface area contributed by atoms with Crippen molar-refractivity contribution >= 4 is 18.9 Å². The zero-order valence-electron chi connectivity index (χ0n) is 4.46. The van der Waals surface area contributed by atoms with Gasteiger partial charge in [0.2, 0.25) is 0 Å². The van der Waals surface area contributed by atoms with Crippen molar-refractivity contribution in [2.24, 2.45) is 5.92 Å². The second kappa shape index (κ2) is 3.61. The molecule has 9 heavy (non-hydrogen) atoms. The molecule has 0 saturated heterocycles. The first kappa shape index (κ1) is 8.63. The Balaban J connectivity index is 0.000000640. The number of nitriles is 1. The van der Waals surface area contributed by atoms with Crippen LogP contribution in [0.5, 0.6) is 0 Å². The zero-order chi connectivity index (χ0) is 5.98. The summed E-state index contributed by atoms with van der Waals surface area (Å²) in [6.45, 7) is 0. The van der Waals surface area contributed by atoms with Gasteiger partial charge >= 0.3 is 18.9 Å². The van der Waals surface area contributed by atoms with E-state index in [-0.39, 0.29) is 18.9 Å². The number of nitrogens with zero attached hydrogens (tertiary/aromatic N) is 1. The third-order valence-electron chi connectivity index (χ3n) is 1.29. The predicted molar refractivity (Wildman–Crippen MR) is 36.2 cm³/mol. The maximum atomic E-state index is 8.35. The molecule has 2 nitrogen and oxygen atoms in total. The summed E-state index contributed by atoms with van der Waals surface area (Å²) in [6, 6.07) is 1.92. The van der Waals surface area contributed by atoms with Crippen molar-refractivity contribution < 1.29 is 5.11 Å². The Bertz CT molecular complexity index is 155. The van der Waals surface area contributed by atoms with Gasteiger partial charge in [0.1, 0.15) is 0 Å². The van der Waals surface area contributed by atoms with E-state index in [1.54, 1.807) is 0 Å². The van der Waals surface area contributed by atoms with Crippen molar-refractivity contribution in [1.82, 2.24) is 0 Å². The number of hydrogen-bond acceptors (Lipinski definition) is 2. The van der Waals surface area contributed by atoms with E-state index < -0.39 is 0 Å². The van der Waals surface area contributed by atoms with E-state index >= 15 is 0 Å². The van der Waals surface area contributed by atoms with Crippen LogP contribution in [0.1, 0.15) is 12.8 Å². The fraction of sp³-hybridized carbons (Fsp3) is 0.500. The van der Waals surface area contributed by atoms with Crippen LogP contribution in [-0.4, -0.2) is 24.0 Å². The average Bonchev–Trinajstić information content (AvgIpc) is 2.53. The molecule has 0 radical (unpaired) electrons. The summed E-state index contributed by atoms with van der Waals surface area (Å²) < 4.78 is 0. The van der Waals surface area contributed by atoms with E-state index in [4.69, 9.17) is 10.4 Å². The Morgan fingerprint density at radius 3 is 2.33 bits per heavy atom. The number of allylic oxidation sites excluding steroid dienone is 1. The number of rotatable bonds is 1. The Kier molecular flexibility index (Phi) is 3.46. The van der Waals surface area contributed by atoms with Crippen LogP contribution in [-0.2, 0) is 0 Å². The second-order valence-electron chi connectivity index (χ2n) is 1.97. The normalized spacial score (nSPS) is 17.9. The third kappa shape index (κ3) is 2.14. The fourth-order valence-corrected chi connectivity index (χ4v) is 0.620. The Labute approximate surface area is 66.4 Å². The molecule has 1 fully saturated rings. The van der Waals surface area contributed by atoms with Crippen LogP contribution in [0.25, 0.3) is 0 Å². The SMILES string of the molecule is N#C/C(=C\O)C1CC1.[LiH]. The van der Waals surface area contributed by atoms with Gasteiger partial charge in [-0.3, -0.25) is 0 Å². The molecule has 0 spiro atoms. The van der Waals surface area contributed by atoms with E-state index in [1.165, 1.54) is 0 Å². The van der Waals surface area contributed by atoms with Gasteiger partial charge in [0.25, 0.3) is 0 Å². The average molecular weight is 117 g/mol. The molecule has 0 aromatic heterocycles. The summed E-state index contributed by atoms with van der Waals surface area (Å²) in [4.78, 5) is 0. The Hall–Kier alpha value is -0.373. The number of hydrogen-bond donors (Lipinski definition) is 1. The van der Waals surface area contributed by atoms with Gasteiger partial charge in [-0.05, 0) is 18.8 Å². The van der Waals surface area contributed by atoms with Crippen molar-refractivity contribution in [3.05, 3.63) is 11.8 Å². The van der Waals surface area contributed by atoms with E-state index in [0.717, 1.165) is 19.1 Å². The van der Waals surface area contributed by atoms with Crippen LogP contribution in [0.4, 0.5) is 0 Å². The standard InChI is InChI=1S/C6H7NO.Li.H/c7-3-6(4-8)5-1-2-5;;/h4-5,8H,1-2H2;;/b6-4+;;. The fourth-order valence-electron chi connectivity index (χ4n) is 0.620. The molecule has 1 saturated carbocycles. The molecule has 44 valence electrons. The quantitative estimate of drug-likeness (QED) is 0.312. The van der Waals surface area contributed by atoms with Gasteiger partial charge in [0, 0.05) is 0 Å². The van der Waals surface area contributed by atoms with Crippen molar-refractivity contribution in [3.63, 3.8) is 0 Å². The number of aliphatic hydroxyl groups excluding tert-OH is 1. The molecule has 1 aliphatic carbocycles. The van der Waals surface area contributed by atoms with Crippen LogP contribution in [0.3, 0.4) is 0 Å². The van der Waals surface area contributed by atoms with Gasteiger partial charge in [-0.15, -0.1) is 0 Å². The molecule has 0 aromatic carbocycles. The van der Waals surface area contributed by atoms with E-state index in [0.29, 0.717) is 11.5 Å². The second-order valence-corrected chi connectivity index (χ2v) is 1.97. The molecule has 0 atom stereocenters. The van der Waals surface area contributed by atoms with Crippen molar-refractivity contribution in [2.45, 2.75) is 12.8 Å². The summed E-state index contributed by atoms with van der Waals surface area (Å²) in [7, 11) is 0. The molecular formula is C6H8LiNO. The molecule has 0 aromatic rings. The Morgan fingerprint density at radius 2 is 2.22 bits per heavy atom. The van der Waals surface area contributed by atoms with E-state index in [9.17, 15) is 0 Å². The monoisotopic (exact) mass is 117 g/mol. The van der Waals surface area contributed by atoms with Crippen molar-refractivity contribution in [2.75, 3.05) is 0 Å². The molecule has 0 unspecified atom stereocenters. The van der Waals surface area contributed by atoms with Gasteiger partial charge in [-0.1, -0.05) is 0 Å². The molecule has 0 bridgehead atoms. The first-order valence-electron chi connectivity index (χ1n) is 2.63. The molecule has 1 N–H and O–H groups in total. The molecule has 1 aliphatic rings. The zero-order valence-corrected chi connectivity index (χ0v) is 4.46. The van der Waals surface area contributed by atoms with Crippen LogP contribution in [0.15, 0.2) is 11.8 Å². The topological polar surface area (TPSA) is 44.0 Å². The minimum absolute atomic E-state index is 0. The first-order chi connectivity index (χ1) is 3.88. The van der Waals surface area contributed by atoms with Crippen LogP contribution < -0.4 is 0 Å². The first-order valence-corrected chi connectivity index (χ1v) is 2.63. The summed E-state index contributed by atoms with van der Waals surface area (Å²) in [5, 5.41) is 16.6. The van der Waals surface area contributed by atoms with Gasteiger partial charge in [0.05, 0.1) is 17.9 Å². The van der Waals surface area contributed by atoms with Crippen molar-refractivity contribution in [1.29, 1.82) is 5.26 Å². The van der Waals surface area contributed by atoms with Gasteiger partial charge in [-0.25, -0.2) is 0 Å². The molecule has 0 heterocycles. The van der Waals surface area contributed by atoms with Gasteiger partial charge in [0.15, 0.2) is 0 Å². The van der Waals surface area contributed by atoms with Crippen LogP contribution >= 0.6 is 0 Å². The predicted octanol–water partition coefficient (Wildman–Crippen LogP) is 0.713. The maximum absolute atomic E-state index is 8.35. The summed E-state index contributed by atoms with van der Waals surface area (Å²) >= 11 is 0. The molecule has 1 rings (SSSR count). The van der Waals surface area contributed by atoms with E-state index in [2.05, 4.69) is 0 Å². The van der Waals surface area contributed by atoms with Gasteiger partial charge in [-0.2, -0.15) is 5.26 Å². The minimum atomic E-state index is 0. The number of aliphatic hydroxyl groups is 1. The Morgan fingerprint density at radius 1 is 1.67 bits per heavy atom.